The minimum atomic E-state index is -2.50. The molecule has 13 nitrogen and oxygen atoms in total. The summed E-state index contributed by atoms with van der Waals surface area (Å²) in [5.41, 5.74) is 1.67. The largest absolute Gasteiger partial charge is 0.456 e. The van der Waals surface area contributed by atoms with Gasteiger partial charge in [0.2, 0.25) is 5.79 Å². The third kappa shape index (κ3) is 11.4. The summed E-state index contributed by atoms with van der Waals surface area (Å²) in [6.07, 6.45) is 4.60. The van der Waals surface area contributed by atoms with Crippen molar-refractivity contribution in [1.82, 2.24) is 4.90 Å². The highest BCUT2D eigenvalue weighted by atomic mass is 16.7. The van der Waals surface area contributed by atoms with Gasteiger partial charge in [-0.3, -0.25) is 14.4 Å². The van der Waals surface area contributed by atoms with Crippen LogP contribution in [0, 0.1) is 29.6 Å². The zero-order chi connectivity index (χ0) is 42.2. The standard InChI is InChI=1S/C44H71NO12/c1-10-13-31-19-25(2)18-26(3)20-37(54-8)40-38(55-9)22-28(5)44(52,57-40)41(49)42(50)45-17-12-11-14-32(45)43(51)56-39(29(6)34(47)24-35(31)48)27(4)21-30-15-16-33(46)36(23-30)53-7/h19,21,26,28-34,36-40,46-47,52H,10-18,20,22-24H2,1-9H3/b25-19?,27-21+. The number of nitrogens with zero attached hydrogens (tertiary/aromatic N) is 1. The van der Waals surface area contributed by atoms with Gasteiger partial charge in [-0.1, -0.05) is 51.8 Å². The van der Waals surface area contributed by atoms with E-state index in [1.54, 1.807) is 21.0 Å². The molecule has 2 bridgehead atoms. The summed E-state index contributed by atoms with van der Waals surface area (Å²) in [6, 6.07) is -1.13. The monoisotopic (exact) mass is 805 g/mol. The van der Waals surface area contributed by atoms with Crippen molar-refractivity contribution < 1.29 is 58.2 Å². The van der Waals surface area contributed by atoms with Crippen LogP contribution >= 0.6 is 0 Å². The molecule has 0 radical (unpaired) electrons. The van der Waals surface area contributed by atoms with Gasteiger partial charge < -0.3 is 43.9 Å². The Morgan fingerprint density at radius 3 is 2.23 bits per heavy atom. The number of hydrogen-bond acceptors (Lipinski definition) is 12. The van der Waals surface area contributed by atoms with Crippen LogP contribution in [0.2, 0.25) is 0 Å². The molecule has 57 heavy (non-hydrogen) atoms. The number of Topliss-reactive ketones (excluding diaryl/α,β-unsaturated/α-hetero) is 2. The molecule has 3 aliphatic heterocycles. The van der Waals surface area contributed by atoms with Crippen molar-refractivity contribution in [3.05, 3.63) is 23.3 Å². The summed E-state index contributed by atoms with van der Waals surface area (Å²) in [4.78, 5) is 57.9. The lowest BCUT2D eigenvalue weighted by Gasteiger charge is -2.47. The topological polar surface area (TPSA) is 178 Å². The van der Waals surface area contributed by atoms with Crippen LogP contribution in [0.25, 0.3) is 0 Å². The summed E-state index contributed by atoms with van der Waals surface area (Å²) in [5, 5.41) is 34.2. The number of amides is 1. The number of ketones is 2. The fourth-order valence-electron chi connectivity index (χ4n) is 9.60. The number of cyclic esters (lactones) is 1. The zero-order valence-electron chi connectivity index (χ0n) is 35.8. The Bertz CT molecular complexity index is 1450. The lowest BCUT2D eigenvalue weighted by molar-refractivity contribution is -0.302. The molecule has 3 N–H and O–H groups in total. The molecular formula is C44H71NO12. The minimum absolute atomic E-state index is 0.000416. The van der Waals surface area contributed by atoms with Gasteiger partial charge in [-0.25, -0.2) is 4.79 Å². The Kier molecular flexibility index (Phi) is 17.5. The van der Waals surface area contributed by atoms with Crippen molar-refractivity contribution in [2.24, 2.45) is 29.6 Å². The summed E-state index contributed by atoms with van der Waals surface area (Å²) in [7, 11) is 4.64. The molecule has 14 atom stereocenters. The Labute approximate surface area is 339 Å². The maximum Gasteiger partial charge on any atom is 0.329 e. The van der Waals surface area contributed by atoms with E-state index in [0.717, 1.165) is 12.0 Å². The Morgan fingerprint density at radius 2 is 1.58 bits per heavy atom. The average Bonchev–Trinajstić information content (AvgIpc) is 3.18. The molecule has 14 unspecified atom stereocenters. The smallest absolute Gasteiger partial charge is 0.329 e. The number of carbonyl (C=O) groups is 4. The molecule has 0 spiro atoms. The summed E-state index contributed by atoms with van der Waals surface area (Å²) >= 11 is 0. The van der Waals surface area contributed by atoms with E-state index in [9.17, 15) is 34.5 Å². The van der Waals surface area contributed by atoms with E-state index in [1.807, 2.05) is 32.9 Å². The second kappa shape index (κ2) is 21.1. The SMILES string of the molecule is CCCC1C=C(C)CC(C)CC(OC)C2OC(O)(C(=O)C(=O)N3CCCCC3C(=O)OC(/C(C)=C/C3CCC(O)C(OC)C3)C(C)C(O)CC1=O)C(C)CC2OC. The maximum absolute atomic E-state index is 14.3. The van der Waals surface area contributed by atoms with E-state index < -0.39 is 83.9 Å². The van der Waals surface area contributed by atoms with Gasteiger partial charge in [-0.05, 0) is 95.5 Å². The number of aliphatic hydroxyl groups excluding tert-OH is 2. The van der Waals surface area contributed by atoms with Crippen LogP contribution in [0.15, 0.2) is 23.3 Å². The molecule has 0 aromatic carbocycles. The molecule has 1 amide bonds. The van der Waals surface area contributed by atoms with E-state index >= 15 is 0 Å². The van der Waals surface area contributed by atoms with Gasteiger partial charge in [-0.2, -0.15) is 0 Å². The van der Waals surface area contributed by atoms with Gasteiger partial charge >= 0.3 is 5.97 Å². The second-order valence-corrected chi connectivity index (χ2v) is 17.5. The highest BCUT2D eigenvalue weighted by molar-refractivity contribution is 6.39. The van der Waals surface area contributed by atoms with Gasteiger partial charge in [0.1, 0.15) is 24.0 Å². The fourth-order valence-corrected chi connectivity index (χ4v) is 9.60. The van der Waals surface area contributed by atoms with Crippen molar-refractivity contribution in [3.8, 4) is 0 Å². The van der Waals surface area contributed by atoms with Gasteiger partial charge in [0.25, 0.3) is 11.7 Å². The Morgan fingerprint density at radius 1 is 0.912 bits per heavy atom. The molecule has 0 aromatic rings. The molecule has 0 aromatic heterocycles. The van der Waals surface area contributed by atoms with Gasteiger partial charge in [0, 0.05) is 52.0 Å². The van der Waals surface area contributed by atoms with Crippen molar-refractivity contribution in [1.29, 1.82) is 0 Å². The fraction of sp³-hybridized carbons (Fsp3) is 0.818. The van der Waals surface area contributed by atoms with E-state index in [2.05, 4.69) is 6.92 Å². The molecule has 3 heterocycles. The minimum Gasteiger partial charge on any atom is -0.456 e. The average molecular weight is 806 g/mol. The molecule has 13 heteroatoms. The molecule has 1 aliphatic carbocycles. The van der Waals surface area contributed by atoms with Crippen LogP contribution in [-0.4, -0.2) is 126 Å². The normalized spacial score (nSPS) is 40.1. The summed E-state index contributed by atoms with van der Waals surface area (Å²) < 4.78 is 29.8. The van der Waals surface area contributed by atoms with Crippen molar-refractivity contribution in [2.45, 2.75) is 173 Å². The number of allylic oxidation sites excluding steroid dienone is 3. The van der Waals surface area contributed by atoms with Crippen LogP contribution in [0.1, 0.15) is 119 Å². The first-order valence-electron chi connectivity index (χ1n) is 21.3. The van der Waals surface area contributed by atoms with Crippen molar-refractivity contribution in [3.63, 3.8) is 0 Å². The van der Waals surface area contributed by atoms with Gasteiger partial charge in [0.05, 0.1) is 30.5 Å². The number of fused-ring (bicyclic) bond motifs is 3. The van der Waals surface area contributed by atoms with E-state index in [4.69, 9.17) is 23.7 Å². The predicted molar refractivity (Wildman–Crippen MR) is 213 cm³/mol. The maximum atomic E-state index is 14.3. The van der Waals surface area contributed by atoms with Crippen LogP contribution in [-0.2, 0) is 42.9 Å². The van der Waals surface area contributed by atoms with Crippen LogP contribution in [0.5, 0.6) is 0 Å². The first kappa shape index (κ1) is 47.2. The number of rotatable bonds is 7. The number of carbonyl (C=O) groups excluding carboxylic acids is 4. The molecule has 3 fully saturated rings. The van der Waals surface area contributed by atoms with E-state index in [1.165, 1.54) is 19.1 Å². The molecule has 4 aliphatic rings. The number of piperidine rings is 1. The molecule has 2 saturated heterocycles. The number of methoxy groups -OCH3 is 3. The number of ether oxygens (including phenoxy) is 5. The number of esters is 1. The summed E-state index contributed by atoms with van der Waals surface area (Å²) in [5.74, 6) is -7.46. The second-order valence-electron chi connectivity index (χ2n) is 17.5. The first-order chi connectivity index (χ1) is 27.0. The Hall–Kier alpha value is -2.52. The third-order valence-electron chi connectivity index (χ3n) is 13.1. The number of hydrogen-bond donors (Lipinski definition) is 3. The molecule has 4 rings (SSSR count). The lowest BCUT2D eigenvalue weighted by Crippen LogP contribution is -2.64. The zero-order valence-corrected chi connectivity index (χ0v) is 35.8. The summed E-state index contributed by atoms with van der Waals surface area (Å²) in [6.45, 7) is 11.4. The first-order valence-corrected chi connectivity index (χ1v) is 21.3. The highest BCUT2D eigenvalue weighted by Gasteiger charge is 2.56. The predicted octanol–water partition coefficient (Wildman–Crippen LogP) is 4.86. The molecular weight excluding hydrogens is 734 g/mol. The van der Waals surface area contributed by atoms with Crippen molar-refractivity contribution in [2.75, 3.05) is 27.9 Å². The highest BCUT2D eigenvalue weighted by Crippen LogP contribution is 2.39. The molecule has 324 valence electrons. The van der Waals surface area contributed by atoms with Crippen molar-refractivity contribution >= 4 is 23.4 Å². The van der Waals surface area contributed by atoms with Gasteiger partial charge in [-0.15, -0.1) is 0 Å². The van der Waals surface area contributed by atoms with Crippen LogP contribution in [0.4, 0.5) is 0 Å². The van der Waals surface area contributed by atoms with Crippen LogP contribution in [0.3, 0.4) is 0 Å². The van der Waals surface area contributed by atoms with E-state index in [0.29, 0.717) is 56.9 Å². The molecule has 1 saturated carbocycles. The third-order valence-corrected chi connectivity index (χ3v) is 13.1. The number of aliphatic hydroxyl groups is 3. The Balaban J connectivity index is 1.77. The van der Waals surface area contributed by atoms with E-state index in [-0.39, 0.29) is 49.5 Å². The van der Waals surface area contributed by atoms with Crippen LogP contribution < -0.4 is 0 Å². The van der Waals surface area contributed by atoms with Gasteiger partial charge in [0.15, 0.2) is 0 Å². The quantitative estimate of drug-likeness (QED) is 0.181. The lowest BCUT2D eigenvalue weighted by atomic mass is 9.81.